The molecule has 0 aliphatic heterocycles. The Bertz CT molecular complexity index is 325. The maximum Gasteiger partial charge on any atom is 0.184 e. The number of nitrogens with one attached hydrogen (secondary N) is 1. The van der Waals surface area contributed by atoms with Gasteiger partial charge in [-0.3, -0.25) is 0 Å². The highest BCUT2D eigenvalue weighted by molar-refractivity contribution is 9.13. The molecular formula is C11H15Br2NO. The minimum Gasteiger partial charge on any atom is -0.449 e. The van der Waals surface area contributed by atoms with E-state index in [1.807, 2.05) is 6.07 Å². The van der Waals surface area contributed by atoms with Gasteiger partial charge in [-0.25, -0.2) is 0 Å². The highest BCUT2D eigenvalue weighted by atomic mass is 79.9. The van der Waals surface area contributed by atoms with E-state index < -0.39 is 0 Å². The first-order chi connectivity index (χ1) is 7.17. The number of hydrogen-bond donors (Lipinski definition) is 1. The van der Waals surface area contributed by atoms with Crippen LogP contribution in [0.25, 0.3) is 6.08 Å². The molecule has 0 amide bonds. The average molecular weight is 337 g/mol. The first kappa shape index (κ1) is 13.0. The number of halogens is 2. The highest BCUT2D eigenvalue weighted by Crippen LogP contribution is 2.28. The molecule has 1 N–H and O–H groups in total. The van der Waals surface area contributed by atoms with Gasteiger partial charge in [0.15, 0.2) is 4.67 Å². The van der Waals surface area contributed by atoms with Crippen LogP contribution in [0.4, 0.5) is 0 Å². The van der Waals surface area contributed by atoms with E-state index in [9.17, 15) is 0 Å². The molecule has 0 aliphatic carbocycles. The van der Waals surface area contributed by atoms with Crippen LogP contribution < -0.4 is 5.32 Å². The molecule has 0 aromatic carbocycles. The van der Waals surface area contributed by atoms with E-state index in [2.05, 4.69) is 57.1 Å². The molecule has 0 aliphatic rings. The molecule has 1 rings (SSSR count). The molecule has 0 atom stereocenters. The Labute approximate surface area is 107 Å². The van der Waals surface area contributed by atoms with E-state index in [-0.39, 0.29) is 0 Å². The average Bonchev–Trinajstić information content (AvgIpc) is 2.53. The molecule has 1 heterocycles. The summed E-state index contributed by atoms with van der Waals surface area (Å²) in [4.78, 5) is 0. The third-order valence-electron chi connectivity index (χ3n) is 2.07. The molecule has 0 unspecified atom stereocenters. The van der Waals surface area contributed by atoms with Gasteiger partial charge in [0.1, 0.15) is 5.76 Å². The predicted octanol–water partition coefficient (Wildman–Crippen LogP) is 4.21. The Morgan fingerprint density at radius 2 is 2.20 bits per heavy atom. The second-order valence-electron chi connectivity index (χ2n) is 3.21. The first-order valence-corrected chi connectivity index (χ1v) is 6.61. The summed E-state index contributed by atoms with van der Waals surface area (Å²) in [6.07, 6.45) is 3.11. The number of hydrogen-bond acceptors (Lipinski definition) is 2. The molecule has 0 spiro atoms. The topological polar surface area (TPSA) is 25.2 Å². The normalized spacial score (nSPS) is 12.1. The fourth-order valence-electron chi connectivity index (χ4n) is 1.20. The minimum absolute atomic E-state index is 0.743. The molecule has 15 heavy (non-hydrogen) atoms. The third-order valence-corrected chi connectivity index (χ3v) is 3.78. The summed E-state index contributed by atoms with van der Waals surface area (Å²) in [5.41, 5.74) is 1.34. The van der Waals surface area contributed by atoms with Gasteiger partial charge in [0.05, 0.1) is 4.47 Å². The van der Waals surface area contributed by atoms with Gasteiger partial charge < -0.3 is 9.73 Å². The van der Waals surface area contributed by atoms with Crippen LogP contribution in [-0.2, 0) is 0 Å². The van der Waals surface area contributed by atoms with Gasteiger partial charge in [-0.2, -0.15) is 0 Å². The van der Waals surface area contributed by atoms with Crippen molar-refractivity contribution in [2.45, 2.75) is 20.3 Å². The molecular weight excluding hydrogens is 322 g/mol. The van der Waals surface area contributed by atoms with Crippen LogP contribution in [-0.4, -0.2) is 13.1 Å². The Morgan fingerprint density at radius 1 is 1.47 bits per heavy atom. The van der Waals surface area contributed by atoms with Crippen LogP contribution in [0, 0.1) is 0 Å². The number of likely N-dealkylation sites (N-methyl/N-ethyl adjacent to an activating group) is 1. The summed E-state index contributed by atoms with van der Waals surface area (Å²) in [5.74, 6) is 0.878. The van der Waals surface area contributed by atoms with Gasteiger partial charge in [0, 0.05) is 6.54 Å². The molecule has 1 aromatic heterocycles. The summed E-state index contributed by atoms with van der Waals surface area (Å²) in [6.45, 7) is 6.16. The largest absolute Gasteiger partial charge is 0.449 e. The summed E-state index contributed by atoms with van der Waals surface area (Å²) in [7, 11) is 0. The molecule has 0 fully saturated rings. The standard InChI is InChI=1S/C11H15Br2NO/c1-3-8(7-14-4-2)5-9-6-10(12)11(13)15-9/h5-6,14H,3-4,7H2,1-2H3. The van der Waals surface area contributed by atoms with E-state index in [1.54, 1.807) is 0 Å². The van der Waals surface area contributed by atoms with Crippen molar-refractivity contribution in [3.05, 3.63) is 26.5 Å². The summed E-state index contributed by atoms with van der Waals surface area (Å²) < 4.78 is 7.19. The zero-order chi connectivity index (χ0) is 11.3. The van der Waals surface area contributed by atoms with Crippen molar-refractivity contribution in [2.24, 2.45) is 0 Å². The van der Waals surface area contributed by atoms with Gasteiger partial charge in [0.25, 0.3) is 0 Å². The molecule has 0 saturated heterocycles. The Balaban J connectivity index is 2.74. The van der Waals surface area contributed by atoms with Gasteiger partial charge in [-0.1, -0.05) is 19.4 Å². The van der Waals surface area contributed by atoms with Crippen molar-refractivity contribution >= 4 is 37.9 Å². The summed E-state index contributed by atoms with van der Waals surface area (Å²) in [6, 6.07) is 1.96. The lowest BCUT2D eigenvalue weighted by Crippen LogP contribution is -2.15. The van der Waals surface area contributed by atoms with E-state index in [4.69, 9.17) is 4.42 Å². The minimum atomic E-state index is 0.743. The highest BCUT2D eigenvalue weighted by Gasteiger charge is 2.04. The lowest BCUT2D eigenvalue weighted by Gasteiger charge is -2.03. The van der Waals surface area contributed by atoms with Crippen LogP contribution in [0.5, 0.6) is 0 Å². The van der Waals surface area contributed by atoms with Crippen LogP contribution in [0.3, 0.4) is 0 Å². The van der Waals surface area contributed by atoms with E-state index in [0.717, 1.165) is 34.4 Å². The van der Waals surface area contributed by atoms with Crippen LogP contribution in [0.1, 0.15) is 26.0 Å². The molecule has 2 nitrogen and oxygen atoms in total. The SMILES string of the molecule is CCNCC(=Cc1cc(Br)c(Br)o1)CC. The molecule has 1 aromatic rings. The summed E-state index contributed by atoms with van der Waals surface area (Å²) >= 11 is 6.72. The van der Waals surface area contributed by atoms with Gasteiger partial charge in [-0.05, 0) is 57.0 Å². The van der Waals surface area contributed by atoms with Gasteiger partial charge in [0.2, 0.25) is 0 Å². The third kappa shape index (κ3) is 4.13. The van der Waals surface area contributed by atoms with Crippen molar-refractivity contribution in [3.8, 4) is 0 Å². The number of furan rings is 1. The fraction of sp³-hybridized carbons (Fsp3) is 0.455. The van der Waals surface area contributed by atoms with Crippen LogP contribution >= 0.6 is 31.9 Å². The second-order valence-corrected chi connectivity index (χ2v) is 4.78. The lowest BCUT2D eigenvalue weighted by atomic mass is 10.2. The van der Waals surface area contributed by atoms with Gasteiger partial charge >= 0.3 is 0 Å². The molecule has 4 heteroatoms. The van der Waals surface area contributed by atoms with Crippen molar-refractivity contribution in [1.82, 2.24) is 5.32 Å². The first-order valence-electron chi connectivity index (χ1n) is 5.02. The van der Waals surface area contributed by atoms with E-state index in [1.165, 1.54) is 5.57 Å². The smallest absolute Gasteiger partial charge is 0.184 e. The van der Waals surface area contributed by atoms with Crippen molar-refractivity contribution in [2.75, 3.05) is 13.1 Å². The predicted molar refractivity (Wildman–Crippen MR) is 70.9 cm³/mol. The number of rotatable bonds is 5. The Hall–Kier alpha value is -0.0600. The second kappa shape index (κ2) is 6.51. The maximum absolute atomic E-state index is 5.49. The molecule has 84 valence electrons. The van der Waals surface area contributed by atoms with Crippen LogP contribution in [0.15, 0.2) is 25.2 Å². The van der Waals surface area contributed by atoms with Crippen molar-refractivity contribution in [1.29, 1.82) is 0 Å². The Kier molecular flexibility index (Phi) is 5.64. The zero-order valence-corrected chi connectivity index (χ0v) is 12.1. The molecule has 0 saturated carbocycles. The fourth-order valence-corrected chi connectivity index (χ4v) is 1.81. The Morgan fingerprint density at radius 3 is 2.67 bits per heavy atom. The van der Waals surface area contributed by atoms with E-state index >= 15 is 0 Å². The van der Waals surface area contributed by atoms with E-state index in [0.29, 0.717) is 0 Å². The monoisotopic (exact) mass is 335 g/mol. The van der Waals surface area contributed by atoms with Crippen molar-refractivity contribution in [3.63, 3.8) is 0 Å². The molecule has 0 radical (unpaired) electrons. The van der Waals surface area contributed by atoms with Crippen molar-refractivity contribution < 1.29 is 4.42 Å². The summed E-state index contributed by atoms with van der Waals surface area (Å²) in [5, 5.41) is 3.31. The molecule has 0 bridgehead atoms. The quantitative estimate of drug-likeness (QED) is 0.871. The lowest BCUT2D eigenvalue weighted by molar-refractivity contribution is 0.529. The maximum atomic E-state index is 5.49. The van der Waals surface area contributed by atoms with Crippen LogP contribution in [0.2, 0.25) is 0 Å². The zero-order valence-electron chi connectivity index (χ0n) is 8.94. The van der Waals surface area contributed by atoms with Gasteiger partial charge in [-0.15, -0.1) is 0 Å².